The highest BCUT2D eigenvalue weighted by Gasteiger charge is 1.99. The average molecular weight is 189 g/mol. The molecule has 1 nitrogen and oxygen atoms in total. The van der Waals surface area contributed by atoms with E-state index < -0.39 is 0 Å². The fourth-order valence-electron chi connectivity index (χ4n) is 0.871. The molecule has 1 atom stereocenters. The largest absolute Gasteiger partial charge is 0.192 e. The minimum absolute atomic E-state index is 0.410. The van der Waals surface area contributed by atoms with Gasteiger partial charge < -0.3 is 0 Å². The zero-order valence-corrected chi connectivity index (χ0v) is 8.34. The summed E-state index contributed by atoms with van der Waals surface area (Å²) >= 11 is 1.74. The summed E-state index contributed by atoms with van der Waals surface area (Å²) in [6.07, 6.45) is 1.91. The van der Waals surface area contributed by atoms with Gasteiger partial charge in [-0.05, 0) is 31.2 Å². The molecule has 1 rings (SSSR count). The van der Waals surface area contributed by atoms with Crippen molar-refractivity contribution in [3.05, 3.63) is 42.5 Å². The minimum Gasteiger partial charge on any atom is -0.192 e. The third-order valence-corrected chi connectivity index (χ3v) is 2.75. The SMILES string of the molecule is C=CC(C)Sc1ccc(C#N)cc1. The summed E-state index contributed by atoms with van der Waals surface area (Å²) in [7, 11) is 0. The molecule has 0 radical (unpaired) electrons. The fourth-order valence-corrected chi connectivity index (χ4v) is 1.69. The summed E-state index contributed by atoms with van der Waals surface area (Å²) in [5.74, 6) is 0. The van der Waals surface area contributed by atoms with Gasteiger partial charge in [-0.1, -0.05) is 6.08 Å². The lowest BCUT2D eigenvalue weighted by molar-refractivity contribution is 1.24. The van der Waals surface area contributed by atoms with Crippen molar-refractivity contribution < 1.29 is 0 Å². The van der Waals surface area contributed by atoms with E-state index in [2.05, 4.69) is 19.6 Å². The maximum atomic E-state index is 8.58. The Labute approximate surface area is 83.1 Å². The summed E-state index contributed by atoms with van der Waals surface area (Å²) in [5.41, 5.74) is 0.704. The summed E-state index contributed by atoms with van der Waals surface area (Å²) in [4.78, 5) is 1.17. The van der Waals surface area contributed by atoms with Crippen LogP contribution < -0.4 is 0 Å². The number of thioether (sulfide) groups is 1. The molecule has 0 amide bonds. The number of hydrogen-bond donors (Lipinski definition) is 0. The molecule has 0 saturated carbocycles. The topological polar surface area (TPSA) is 23.8 Å². The quantitative estimate of drug-likeness (QED) is 0.538. The monoisotopic (exact) mass is 189 g/mol. The average Bonchev–Trinajstić information content (AvgIpc) is 2.19. The third-order valence-electron chi connectivity index (χ3n) is 1.64. The molecule has 1 aromatic carbocycles. The Bertz CT molecular complexity index is 321. The third kappa shape index (κ3) is 2.96. The summed E-state index contributed by atoms with van der Waals surface area (Å²) in [5, 5.41) is 8.99. The van der Waals surface area contributed by atoms with Crippen LogP contribution in [0.5, 0.6) is 0 Å². The zero-order valence-electron chi connectivity index (χ0n) is 7.53. The molecule has 1 aromatic rings. The maximum absolute atomic E-state index is 8.58. The number of nitrogens with zero attached hydrogens (tertiary/aromatic N) is 1. The molecule has 0 heterocycles. The molecule has 2 heteroatoms. The van der Waals surface area contributed by atoms with E-state index >= 15 is 0 Å². The van der Waals surface area contributed by atoms with Gasteiger partial charge in [-0.25, -0.2) is 0 Å². The Morgan fingerprint density at radius 1 is 1.46 bits per heavy atom. The van der Waals surface area contributed by atoms with Gasteiger partial charge in [-0.15, -0.1) is 18.3 Å². The van der Waals surface area contributed by atoms with Crippen LogP contribution >= 0.6 is 11.8 Å². The molecule has 0 bridgehead atoms. The molecule has 0 aromatic heterocycles. The molecule has 0 aliphatic heterocycles. The first-order valence-corrected chi connectivity index (χ1v) is 4.93. The van der Waals surface area contributed by atoms with Crippen molar-refractivity contribution >= 4 is 11.8 Å². The van der Waals surface area contributed by atoms with Gasteiger partial charge in [0.15, 0.2) is 0 Å². The van der Waals surface area contributed by atoms with Crippen LogP contribution in [-0.2, 0) is 0 Å². The molecule has 66 valence electrons. The van der Waals surface area contributed by atoms with Crippen molar-refractivity contribution in [1.29, 1.82) is 5.26 Å². The number of benzene rings is 1. The van der Waals surface area contributed by atoms with Crippen LogP contribution in [0.3, 0.4) is 0 Å². The highest BCUT2D eigenvalue weighted by molar-refractivity contribution is 8.00. The molecule has 0 fully saturated rings. The predicted octanol–water partition coefficient (Wildman–Crippen LogP) is 3.22. The Balaban J connectivity index is 2.70. The molecular formula is C11H11NS. The van der Waals surface area contributed by atoms with Crippen LogP contribution in [-0.4, -0.2) is 5.25 Å². The molecule has 0 N–H and O–H groups in total. The molecule has 13 heavy (non-hydrogen) atoms. The van der Waals surface area contributed by atoms with Gasteiger partial charge in [-0.3, -0.25) is 0 Å². The molecular weight excluding hydrogens is 178 g/mol. The number of hydrogen-bond acceptors (Lipinski definition) is 2. The van der Waals surface area contributed by atoms with Crippen LogP contribution in [0.25, 0.3) is 0 Å². The smallest absolute Gasteiger partial charge is 0.0991 e. The van der Waals surface area contributed by atoms with Gasteiger partial charge in [0.25, 0.3) is 0 Å². The first kappa shape index (κ1) is 9.88. The highest BCUT2D eigenvalue weighted by atomic mass is 32.2. The van der Waals surface area contributed by atoms with Crippen LogP contribution in [0.2, 0.25) is 0 Å². The Hall–Kier alpha value is -1.20. The minimum atomic E-state index is 0.410. The van der Waals surface area contributed by atoms with Crippen LogP contribution in [0.1, 0.15) is 12.5 Å². The lowest BCUT2D eigenvalue weighted by atomic mass is 10.2. The second-order valence-electron chi connectivity index (χ2n) is 2.69. The van der Waals surface area contributed by atoms with Crippen molar-refractivity contribution in [2.24, 2.45) is 0 Å². The normalized spacial score (nSPS) is 11.7. The second-order valence-corrected chi connectivity index (χ2v) is 4.15. The van der Waals surface area contributed by atoms with Crippen LogP contribution in [0.4, 0.5) is 0 Å². The van der Waals surface area contributed by atoms with E-state index in [0.717, 1.165) is 0 Å². The molecule has 0 spiro atoms. The lowest BCUT2D eigenvalue weighted by Crippen LogP contribution is -1.87. The molecule has 0 aliphatic carbocycles. The predicted molar refractivity (Wildman–Crippen MR) is 56.7 cm³/mol. The molecule has 0 aliphatic rings. The van der Waals surface area contributed by atoms with E-state index in [1.165, 1.54) is 4.90 Å². The van der Waals surface area contributed by atoms with Crippen LogP contribution in [0.15, 0.2) is 41.8 Å². The van der Waals surface area contributed by atoms with Gasteiger partial charge in [0.1, 0.15) is 0 Å². The lowest BCUT2D eigenvalue weighted by Gasteiger charge is -2.04. The molecule has 0 saturated heterocycles. The van der Waals surface area contributed by atoms with E-state index in [1.54, 1.807) is 11.8 Å². The standard InChI is InChI=1S/C11H11NS/c1-3-9(2)13-11-6-4-10(8-12)5-7-11/h3-7,9H,1H2,2H3. The van der Waals surface area contributed by atoms with Crippen molar-refractivity contribution in [2.45, 2.75) is 17.1 Å². The van der Waals surface area contributed by atoms with Gasteiger partial charge in [0.05, 0.1) is 11.6 Å². The first-order chi connectivity index (χ1) is 6.26. The summed E-state index contributed by atoms with van der Waals surface area (Å²) < 4.78 is 0. The summed E-state index contributed by atoms with van der Waals surface area (Å²) in [6.45, 7) is 5.81. The maximum Gasteiger partial charge on any atom is 0.0991 e. The van der Waals surface area contributed by atoms with Crippen molar-refractivity contribution in [2.75, 3.05) is 0 Å². The van der Waals surface area contributed by atoms with Gasteiger partial charge in [-0.2, -0.15) is 5.26 Å². The zero-order chi connectivity index (χ0) is 9.68. The summed E-state index contributed by atoms with van der Waals surface area (Å²) in [6, 6.07) is 9.68. The number of rotatable bonds is 3. The Morgan fingerprint density at radius 2 is 2.08 bits per heavy atom. The van der Waals surface area contributed by atoms with E-state index in [9.17, 15) is 0 Å². The second kappa shape index (κ2) is 4.74. The first-order valence-electron chi connectivity index (χ1n) is 4.05. The van der Waals surface area contributed by atoms with E-state index in [1.807, 2.05) is 30.3 Å². The van der Waals surface area contributed by atoms with Crippen LogP contribution in [0, 0.1) is 11.3 Å². The molecule has 1 unspecified atom stereocenters. The van der Waals surface area contributed by atoms with Crippen molar-refractivity contribution in [3.8, 4) is 6.07 Å². The van der Waals surface area contributed by atoms with Gasteiger partial charge in [0.2, 0.25) is 0 Å². The Morgan fingerprint density at radius 3 is 2.54 bits per heavy atom. The van der Waals surface area contributed by atoms with E-state index in [4.69, 9.17) is 5.26 Å². The van der Waals surface area contributed by atoms with Crippen molar-refractivity contribution in [3.63, 3.8) is 0 Å². The highest BCUT2D eigenvalue weighted by Crippen LogP contribution is 2.23. The Kier molecular flexibility index (Phi) is 3.60. The fraction of sp³-hybridized carbons (Fsp3) is 0.182. The van der Waals surface area contributed by atoms with E-state index in [-0.39, 0.29) is 0 Å². The number of nitriles is 1. The van der Waals surface area contributed by atoms with Gasteiger partial charge >= 0.3 is 0 Å². The van der Waals surface area contributed by atoms with Gasteiger partial charge in [0, 0.05) is 10.1 Å². The van der Waals surface area contributed by atoms with Crippen molar-refractivity contribution in [1.82, 2.24) is 0 Å². The van der Waals surface area contributed by atoms with E-state index in [0.29, 0.717) is 10.8 Å².